The quantitative estimate of drug-likeness (QED) is 0.422. The van der Waals surface area contributed by atoms with Gasteiger partial charge >= 0.3 is 31.2 Å². The van der Waals surface area contributed by atoms with Crippen LogP contribution in [0.15, 0.2) is 0 Å². The average Bonchev–Trinajstić information content (AvgIpc) is 2.16. The van der Waals surface area contributed by atoms with E-state index in [1.54, 1.807) is 0 Å². The predicted molar refractivity (Wildman–Crippen MR) is 59.5 cm³/mol. The first-order valence-corrected chi connectivity index (χ1v) is 8.78. The Morgan fingerprint density at radius 1 is 0.857 bits per heavy atom. The fourth-order valence-corrected chi connectivity index (χ4v) is 2.77. The number of hydrogen-bond acceptors (Lipinski definition) is 10. The van der Waals surface area contributed by atoms with E-state index < -0.39 is 56.1 Å². The molecular weight excluding hydrogens is 364 g/mol. The standard InChI is InChI=1S/C5H9O13S3/c6-19(7,8)16-3-1-15-2-4(17-20(9,10)11)5(3)18-21(12,13)14/h1,3-5H,2H2,(H,6,7,8)(H,9,10,11)(H,12,13,14)/t3-,4+,5-/m0/s1. The van der Waals surface area contributed by atoms with Crippen molar-refractivity contribution < 1.29 is 56.2 Å². The van der Waals surface area contributed by atoms with Crippen molar-refractivity contribution in [1.82, 2.24) is 0 Å². The topological polar surface area (TPSA) is 200 Å². The Morgan fingerprint density at radius 3 is 1.76 bits per heavy atom. The van der Waals surface area contributed by atoms with Crippen LogP contribution in [0.1, 0.15) is 0 Å². The molecule has 3 atom stereocenters. The molecule has 1 heterocycles. The van der Waals surface area contributed by atoms with Crippen molar-refractivity contribution in [2.75, 3.05) is 6.61 Å². The van der Waals surface area contributed by atoms with Gasteiger partial charge in [-0.15, -0.1) is 0 Å². The molecule has 3 N–H and O–H groups in total. The molecule has 0 aromatic carbocycles. The Balaban J connectivity index is 3.06. The highest BCUT2D eigenvalue weighted by molar-refractivity contribution is 7.81. The van der Waals surface area contributed by atoms with E-state index >= 15 is 0 Å². The summed E-state index contributed by atoms with van der Waals surface area (Å²) in [5, 5.41) is 0. The van der Waals surface area contributed by atoms with Crippen molar-refractivity contribution >= 4 is 31.2 Å². The second kappa shape index (κ2) is 6.36. The maximum atomic E-state index is 10.7. The molecule has 21 heavy (non-hydrogen) atoms. The van der Waals surface area contributed by atoms with E-state index in [1.165, 1.54) is 0 Å². The van der Waals surface area contributed by atoms with Crippen LogP contribution in [-0.2, 0) is 48.5 Å². The summed E-state index contributed by atoms with van der Waals surface area (Å²) in [4.78, 5) is 0. The Morgan fingerprint density at radius 2 is 1.33 bits per heavy atom. The molecule has 0 aliphatic carbocycles. The van der Waals surface area contributed by atoms with E-state index in [1.807, 2.05) is 0 Å². The van der Waals surface area contributed by atoms with E-state index in [0.29, 0.717) is 6.61 Å². The van der Waals surface area contributed by atoms with Gasteiger partial charge in [-0.25, -0.2) is 12.5 Å². The lowest BCUT2D eigenvalue weighted by atomic mass is 10.1. The van der Waals surface area contributed by atoms with Gasteiger partial charge in [-0.05, 0) is 0 Å². The van der Waals surface area contributed by atoms with Crippen LogP contribution in [0, 0.1) is 6.61 Å². The Bertz CT molecular complexity index is 617. The Labute approximate surface area is 119 Å². The first kappa shape index (κ1) is 18.6. The third-order valence-electron chi connectivity index (χ3n) is 1.89. The molecule has 1 fully saturated rings. The molecule has 1 aliphatic rings. The summed E-state index contributed by atoms with van der Waals surface area (Å²) < 4.78 is 106. The fourth-order valence-electron chi connectivity index (χ4n) is 1.34. The van der Waals surface area contributed by atoms with E-state index in [-0.39, 0.29) is 0 Å². The highest BCUT2D eigenvalue weighted by Gasteiger charge is 2.44. The van der Waals surface area contributed by atoms with Crippen molar-refractivity contribution in [2.24, 2.45) is 0 Å². The lowest BCUT2D eigenvalue weighted by molar-refractivity contribution is -0.0972. The molecule has 0 saturated carbocycles. The van der Waals surface area contributed by atoms with Gasteiger partial charge in [0, 0.05) is 0 Å². The first-order valence-electron chi connectivity index (χ1n) is 4.69. The highest BCUT2D eigenvalue weighted by atomic mass is 32.3. The van der Waals surface area contributed by atoms with Crippen LogP contribution < -0.4 is 0 Å². The normalized spacial score (nSPS) is 28.4. The zero-order valence-corrected chi connectivity index (χ0v) is 12.1. The molecule has 1 radical (unpaired) electrons. The molecule has 13 nitrogen and oxygen atoms in total. The Kier molecular flexibility index (Phi) is 5.64. The molecule has 1 aliphatic heterocycles. The summed E-state index contributed by atoms with van der Waals surface area (Å²) in [7, 11) is -15.4. The highest BCUT2D eigenvalue weighted by Crippen LogP contribution is 2.24. The van der Waals surface area contributed by atoms with E-state index in [0.717, 1.165) is 0 Å². The molecule has 1 saturated heterocycles. The van der Waals surface area contributed by atoms with Gasteiger partial charge in [0.25, 0.3) is 0 Å². The zero-order valence-electron chi connectivity index (χ0n) is 9.67. The molecular formula is C5H9O13S3. The van der Waals surface area contributed by atoms with Crippen LogP contribution in [0.4, 0.5) is 0 Å². The van der Waals surface area contributed by atoms with Crippen LogP contribution >= 0.6 is 0 Å². The number of hydrogen-bond donors (Lipinski definition) is 3. The van der Waals surface area contributed by atoms with Crippen LogP contribution in [0.5, 0.6) is 0 Å². The Hall–Kier alpha value is -0.430. The SMILES string of the molecule is O=S(=O)(O)O[C@H]1[C@@H](OS(=O)(=O)O)[CH]OC[C@H]1OS(=O)(=O)O. The zero-order chi connectivity index (χ0) is 16.5. The van der Waals surface area contributed by atoms with Crippen LogP contribution in [0.25, 0.3) is 0 Å². The second-order valence-electron chi connectivity index (χ2n) is 3.51. The maximum absolute atomic E-state index is 10.7. The van der Waals surface area contributed by atoms with E-state index in [9.17, 15) is 25.3 Å². The van der Waals surface area contributed by atoms with Crippen molar-refractivity contribution in [1.29, 1.82) is 0 Å². The van der Waals surface area contributed by atoms with Crippen molar-refractivity contribution in [3.05, 3.63) is 6.61 Å². The van der Waals surface area contributed by atoms with Crippen LogP contribution in [0.3, 0.4) is 0 Å². The summed E-state index contributed by atoms with van der Waals surface area (Å²) in [5.41, 5.74) is 0. The van der Waals surface area contributed by atoms with Gasteiger partial charge < -0.3 is 4.74 Å². The van der Waals surface area contributed by atoms with Crippen molar-refractivity contribution in [2.45, 2.75) is 18.3 Å². The smallest absolute Gasteiger partial charge is 0.370 e. The minimum absolute atomic E-state index is 0.549. The molecule has 0 aromatic heterocycles. The summed E-state index contributed by atoms with van der Waals surface area (Å²) in [6.45, 7) is -0.154. The second-order valence-corrected chi connectivity index (χ2v) is 6.65. The molecule has 0 amide bonds. The lowest BCUT2D eigenvalue weighted by Crippen LogP contribution is -2.51. The lowest BCUT2D eigenvalue weighted by Gasteiger charge is -2.33. The third kappa shape index (κ3) is 7.40. The van der Waals surface area contributed by atoms with Gasteiger partial charge in [-0.2, -0.15) is 25.3 Å². The third-order valence-corrected chi connectivity index (χ3v) is 3.31. The van der Waals surface area contributed by atoms with Crippen molar-refractivity contribution in [3.63, 3.8) is 0 Å². The summed E-state index contributed by atoms with van der Waals surface area (Å²) >= 11 is 0. The minimum atomic E-state index is -5.19. The molecule has 1 rings (SSSR count). The van der Waals surface area contributed by atoms with Gasteiger partial charge in [0.1, 0.15) is 24.9 Å². The van der Waals surface area contributed by atoms with Crippen LogP contribution in [-0.4, -0.2) is 63.8 Å². The van der Waals surface area contributed by atoms with Gasteiger partial charge in [-0.1, -0.05) is 0 Å². The summed E-state index contributed by atoms with van der Waals surface area (Å²) in [5.74, 6) is 0. The summed E-state index contributed by atoms with van der Waals surface area (Å²) in [6, 6.07) is 0. The number of rotatable bonds is 6. The predicted octanol–water partition coefficient (Wildman–Crippen LogP) is -2.26. The maximum Gasteiger partial charge on any atom is 0.397 e. The first-order chi connectivity index (χ1) is 9.27. The molecule has 0 unspecified atom stereocenters. The summed E-state index contributed by atoms with van der Waals surface area (Å²) in [6.07, 6.45) is -6.00. The molecule has 0 aromatic rings. The monoisotopic (exact) mass is 373 g/mol. The van der Waals surface area contributed by atoms with Gasteiger partial charge in [-0.3, -0.25) is 13.7 Å². The number of ether oxygens (including phenoxy) is 1. The van der Waals surface area contributed by atoms with E-state index in [4.69, 9.17) is 13.7 Å². The molecule has 0 spiro atoms. The van der Waals surface area contributed by atoms with Crippen molar-refractivity contribution in [3.8, 4) is 0 Å². The fraction of sp³-hybridized carbons (Fsp3) is 0.800. The molecule has 0 bridgehead atoms. The van der Waals surface area contributed by atoms with Crippen LogP contribution in [0.2, 0.25) is 0 Å². The minimum Gasteiger partial charge on any atom is -0.370 e. The molecule has 16 heteroatoms. The van der Waals surface area contributed by atoms with Gasteiger partial charge in [0.2, 0.25) is 0 Å². The van der Waals surface area contributed by atoms with E-state index in [2.05, 4.69) is 17.3 Å². The van der Waals surface area contributed by atoms with Gasteiger partial charge in [0.15, 0.2) is 0 Å². The molecule has 125 valence electrons. The van der Waals surface area contributed by atoms with Gasteiger partial charge in [0.05, 0.1) is 6.61 Å². The average molecular weight is 373 g/mol. The largest absolute Gasteiger partial charge is 0.397 e.